The highest BCUT2D eigenvalue weighted by Crippen LogP contribution is 2.25. The maximum atomic E-state index is 12.6. The van der Waals surface area contributed by atoms with Crippen molar-refractivity contribution in [3.8, 4) is 23.1 Å². The lowest BCUT2D eigenvalue weighted by atomic mass is 10.1. The van der Waals surface area contributed by atoms with Crippen LogP contribution in [0.3, 0.4) is 0 Å². The van der Waals surface area contributed by atoms with Gasteiger partial charge in [-0.25, -0.2) is 9.78 Å². The van der Waals surface area contributed by atoms with Gasteiger partial charge in [0.25, 0.3) is 0 Å². The molecule has 0 aliphatic carbocycles. The molecule has 0 unspecified atom stereocenters. The van der Waals surface area contributed by atoms with Crippen LogP contribution in [-0.2, 0) is 6.42 Å². The van der Waals surface area contributed by atoms with E-state index in [0.29, 0.717) is 30.5 Å². The van der Waals surface area contributed by atoms with Crippen molar-refractivity contribution in [2.45, 2.75) is 32.3 Å². The molecule has 2 aromatic heterocycles. The number of pyridine rings is 2. The van der Waals surface area contributed by atoms with Gasteiger partial charge in [-0.05, 0) is 66.6 Å². The number of benzene rings is 2. The Hall–Kier alpha value is -4.39. The highest BCUT2D eigenvalue weighted by atomic mass is 16.6. The van der Waals surface area contributed by atoms with E-state index in [1.807, 2.05) is 85.8 Å². The number of rotatable bonds is 7. The van der Waals surface area contributed by atoms with Crippen molar-refractivity contribution in [1.29, 1.82) is 0 Å². The summed E-state index contributed by atoms with van der Waals surface area (Å²) in [4.78, 5) is 23.0. The summed E-state index contributed by atoms with van der Waals surface area (Å²) in [6.07, 6.45) is 5.49. The Bertz CT molecular complexity index is 1290. The molecule has 1 saturated heterocycles. The Kier molecular flexibility index (Phi) is 7.60. The fourth-order valence-corrected chi connectivity index (χ4v) is 4.12. The van der Waals surface area contributed by atoms with Crippen LogP contribution in [0.4, 0.5) is 4.79 Å². The van der Waals surface area contributed by atoms with Gasteiger partial charge in [-0.3, -0.25) is 4.98 Å². The SMILES string of the molecule is Cc1ccc(Oc2ccc(OC3CCN(C(=O)Oc4ccc(Cc5ccccn5)cc4)CC3)cc2)nc1. The fraction of sp³-hybridized carbons (Fsp3) is 0.233. The van der Waals surface area contributed by atoms with Gasteiger partial charge in [-0.2, -0.15) is 0 Å². The monoisotopic (exact) mass is 495 g/mol. The molecule has 2 aromatic carbocycles. The van der Waals surface area contributed by atoms with Crippen LogP contribution < -0.4 is 14.2 Å². The van der Waals surface area contributed by atoms with Gasteiger partial charge in [0, 0.05) is 56.5 Å². The van der Waals surface area contributed by atoms with Gasteiger partial charge in [0.05, 0.1) is 0 Å². The molecule has 0 saturated carbocycles. The third-order valence-electron chi connectivity index (χ3n) is 6.17. The summed E-state index contributed by atoms with van der Waals surface area (Å²) >= 11 is 0. The van der Waals surface area contributed by atoms with Crippen molar-refractivity contribution in [2.24, 2.45) is 0 Å². The molecule has 5 rings (SSSR count). The Morgan fingerprint density at radius 2 is 1.59 bits per heavy atom. The number of nitrogens with zero attached hydrogens (tertiary/aromatic N) is 3. The van der Waals surface area contributed by atoms with Crippen LogP contribution in [0.15, 0.2) is 91.3 Å². The first kappa shape index (κ1) is 24.3. The largest absolute Gasteiger partial charge is 0.490 e. The molecule has 1 amide bonds. The van der Waals surface area contributed by atoms with Crippen LogP contribution in [-0.4, -0.2) is 40.2 Å². The maximum absolute atomic E-state index is 12.6. The van der Waals surface area contributed by atoms with Crippen molar-refractivity contribution in [3.63, 3.8) is 0 Å². The number of amides is 1. The van der Waals surface area contributed by atoms with Crippen LogP contribution in [0.25, 0.3) is 0 Å². The smallest absolute Gasteiger partial charge is 0.415 e. The minimum atomic E-state index is -0.331. The Balaban J connectivity index is 1.06. The van der Waals surface area contributed by atoms with Crippen molar-refractivity contribution < 1.29 is 19.0 Å². The Morgan fingerprint density at radius 3 is 2.27 bits per heavy atom. The number of ether oxygens (including phenoxy) is 3. The molecule has 0 bridgehead atoms. The lowest BCUT2D eigenvalue weighted by Crippen LogP contribution is -2.43. The number of carbonyl (C=O) groups excluding carboxylic acids is 1. The first-order chi connectivity index (χ1) is 18.1. The molecule has 1 fully saturated rings. The van der Waals surface area contributed by atoms with Crippen LogP contribution in [0.2, 0.25) is 0 Å². The number of aryl methyl sites for hydroxylation is 1. The summed E-state index contributed by atoms with van der Waals surface area (Å²) in [5.74, 6) is 2.57. The van der Waals surface area contributed by atoms with Crippen molar-refractivity contribution in [2.75, 3.05) is 13.1 Å². The van der Waals surface area contributed by atoms with Crippen LogP contribution in [0.5, 0.6) is 23.1 Å². The van der Waals surface area contributed by atoms with E-state index in [-0.39, 0.29) is 12.2 Å². The van der Waals surface area contributed by atoms with Gasteiger partial charge in [0.2, 0.25) is 5.88 Å². The van der Waals surface area contributed by atoms with E-state index in [4.69, 9.17) is 14.2 Å². The van der Waals surface area contributed by atoms with E-state index >= 15 is 0 Å². The summed E-state index contributed by atoms with van der Waals surface area (Å²) in [6, 6.07) is 24.8. The van der Waals surface area contributed by atoms with Gasteiger partial charge in [-0.1, -0.05) is 24.3 Å². The summed E-state index contributed by atoms with van der Waals surface area (Å²) < 4.78 is 17.5. The predicted molar refractivity (Wildman–Crippen MR) is 140 cm³/mol. The van der Waals surface area contributed by atoms with Crippen molar-refractivity contribution >= 4 is 6.09 Å². The molecule has 0 N–H and O–H groups in total. The quantitative estimate of drug-likeness (QED) is 0.303. The normalized spacial score (nSPS) is 13.7. The van der Waals surface area contributed by atoms with Crippen LogP contribution in [0, 0.1) is 6.92 Å². The molecular formula is C30H29N3O4. The second kappa shape index (κ2) is 11.6. The fourth-order valence-electron chi connectivity index (χ4n) is 4.12. The summed E-state index contributed by atoms with van der Waals surface area (Å²) in [6.45, 7) is 3.16. The van der Waals surface area contributed by atoms with E-state index in [2.05, 4.69) is 9.97 Å². The third kappa shape index (κ3) is 6.85. The second-order valence-corrected chi connectivity index (χ2v) is 9.06. The molecule has 188 valence electrons. The molecule has 4 aromatic rings. The molecule has 1 aliphatic heterocycles. The minimum absolute atomic E-state index is 0.0421. The van der Waals surface area contributed by atoms with Gasteiger partial charge in [-0.15, -0.1) is 0 Å². The zero-order valence-corrected chi connectivity index (χ0v) is 20.7. The van der Waals surface area contributed by atoms with Crippen LogP contribution in [0.1, 0.15) is 29.7 Å². The van der Waals surface area contributed by atoms with E-state index in [9.17, 15) is 4.79 Å². The average Bonchev–Trinajstić information content (AvgIpc) is 2.93. The predicted octanol–water partition coefficient (Wildman–Crippen LogP) is 6.21. The number of likely N-dealkylation sites (tertiary alicyclic amines) is 1. The number of aromatic nitrogens is 2. The first-order valence-electron chi connectivity index (χ1n) is 12.4. The molecular weight excluding hydrogens is 466 g/mol. The van der Waals surface area contributed by atoms with Gasteiger partial charge in [0.15, 0.2) is 0 Å². The zero-order chi connectivity index (χ0) is 25.5. The number of piperidine rings is 1. The summed E-state index contributed by atoms with van der Waals surface area (Å²) in [5, 5.41) is 0. The molecule has 3 heterocycles. The molecule has 7 nitrogen and oxygen atoms in total. The minimum Gasteiger partial charge on any atom is -0.490 e. The van der Waals surface area contributed by atoms with Crippen LogP contribution >= 0.6 is 0 Å². The highest BCUT2D eigenvalue weighted by molar-refractivity contribution is 5.70. The van der Waals surface area contributed by atoms with Gasteiger partial charge < -0.3 is 19.1 Å². The third-order valence-corrected chi connectivity index (χ3v) is 6.17. The van der Waals surface area contributed by atoms with E-state index < -0.39 is 0 Å². The molecule has 0 radical (unpaired) electrons. The molecule has 7 heteroatoms. The number of hydrogen-bond acceptors (Lipinski definition) is 6. The molecule has 37 heavy (non-hydrogen) atoms. The maximum Gasteiger partial charge on any atom is 0.415 e. The average molecular weight is 496 g/mol. The molecule has 0 spiro atoms. The lowest BCUT2D eigenvalue weighted by molar-refractivity contribution is 0.0930. The Labute approximate surface area is 216 Å². The van der Waals surface area contributed by atoms with E-state index in [1.54, 1.807) is 17.3 Å². The van der Waals surface area contributed by atoms with Crippen molar-refractivity contribution in [1.82, 2.24) is 14.9 Å². The topological polar surface area (TPSA) is 73.8 Å². The van der Waals surface area contributed by atoms with Gasteiger partial charge >= 0.3 is 6.09 Å². The number of hydrogen-bond donors (Lipinski definition) is 0. The lowest BCUT2D eigenvalue weighted by Gasteiger charge is -2.31. The van der Waals surface area contributed by atoms with E-state index in [1.165, 1.54) is 0 Å². The summed E-state index contributed by atoms with van der Waals surface area (Å²) in [5.41, 5.74) is 3.20. The Morgan fingerprint density at radius 1 is 0.865 bits per heavy atom. The van der Waals surface area contributed by atoms with E-state index in [0.717, 1.165) is 41.8 Å². The highest BCUT2D eigenvalue weighted by Gasteiger charge is 2.25. The first-order valence-corrected chi connectivity index (χ1v) is 12.4. The summed E-state index contributed by atoms with van der Waals surface area (Å²) in [7, 11) is 0. The van der Waals surface area contributed by atoms with Gasteiger partial charge in [0.1, 0.15) is 23.4 Å². The zero-order valence-electron chi connectivity index (χ0n) is 20.7. The second-order valence-electron chi connectivity index (χ2n) is 9.06. The standard InChI is InChI=1S/C30H29N3O4/c1-22-5-14-29(32-21-22)36-26-12-10-25(11-13-26)35-28-15-18-33(19-16-28)30(34)37-27-8-6-23(7-9-27)20-24-4-2-3-17-31-24/h2-14,17,21,28H,15-16,18-20H2,1H3. The molecule has 1 aliphatic rings. The van der Waals surface area contributed by atoms with Crippen molar-refractivity contribution in [3.05, 3.63) is 108 Å². The number of carbonyl (C=O) groups is 1. The molecule has 0 atom stereocenters.